The summed E-state index contributed by atoms with van der Waals surface area (Å²) in [6.07, 6.45) is 0.999. The summed E-state index contributed by atoms with van der Waals surface area (Å²) in [5.41, 5.74) is 2.37. The maximum Gasteiger partial charge on any atom is 0.0451 e. The van der Waals surface area contributed by atoms with Crippen LogP contribution in [0.5, 0.6) is 0 Å². The molecule has 1 nitrogen and oxygen atoms in total. The molecular weight excluding hydrogens is 277 g/mol. The predicted molar refractivity (Wildman–Crippen MR) is 82.9 cm³/mol. The quantitative estimate of drug-likeness (QED) is 0.841. The van der Waals surface area contributed by atoms with Gasteiger partial charge in [-0.25, -0.2) is 0 Å². The van der Waals surface area contributed by atoms with Gasteiger partial charge in [0.2, 0.25) is 0 Å². The van der Waals surface area contributed by atoms with E-state index in [9.17, 15) is 0 Å². The number of benzene rings is 2. The van der Waals surface area contributed by atoms with Crippen molar-refractivity contribution in [1.82, 2.24) is 5.32 Å². The van der Waals surface area contributed by atoms with Gasteiger partial charge in [-0.05, 0) is 42.7 Å². The van der Waals surface area contributed by atoms with E-state index in [1.807, 2.05) is 18.2 Å². The Kier molecular flexibility index (Phi) is 5.26. The lowest BCUT2D eigenvalue weighted by Crippen LogP contribution is -2.27. The van der Waals surface area contributed by atoms with Gasteiger partial charge in [0.25, 0.3) is 0 Å². The molecule has 0 aliphatic carbocycles. The fraction of sp³-hybridized carbons (Fsp3) is 0.250. The number of nitrogens with one attached hydrogen (secondary N) is 1. The summed E-state index contributed by atoms with van der Waals surface area (Å²) < 4.78 is 0. The molecule has 2 aromatic rings. The van der Waals surface area contributed by atoms with E-state index in [1.165, 1.54) is 5.56 Å². The Bertz CT molecular complexity index is 526. The minimum atomic E-state index is 0.387. The van der Waals surface area contributed by atoms with Crippen molar-refractivity contribution < 1.29 is 0 Å². The molecule has 0 aromatic heterocycles. The number of halogens is 2. The minimum Gasteiger partial charge on any atom is -0.310 e. The van der Waals surface area contributed by atoms with E-state index in [-0.39, 0.29) is 0 Å². The molecule has 0 fully saturated rings. The van der Waals surface area contributed by atoms with Crippen LogP contribution in [0.15, 0.2) is 48.5 Å². The molecule has 0 radical (unpaired) electrons. The molecule has 0 saturated heterocycles. The van der Waals surface area contributed by atoms with Crippen LogP contribution in [-0.2, 0) is 13.0 Å². The summed E-state index contributed by atoms with van der Waals surface area (Å²) >= 11 is 12.1. The molecule has 0 amide bonds. The zero-order valence-corrected chi connectivity index (χ0v) is 12.4. The Balaban J connectivity index is 1.90. The molecule has 2 aromatic carbocycles. The number of rotatable bonds is 5. The maximum atomic E-state index is 6.14. The summed E-state index contributed by atoms with van der Waals surface area (Å²) in [6, 6.07) is 16.4. The standard InChI is InChI=1S/C16H17Cl2N/c1-12(9-13-5-3-2-4-6-13)19-11-14-10-15(17)7-8-16(14)18/h2-8,10,12,19H,9,11H2,1H3. The molecule has 1 N–H and O–H groups in total. The largest absolute Gasteiger partial charge is 0.310 e. The van der Waals surface area contributed by atoms with Crippen molar-refractivity contribution in [2.24, 2.45) is 0 Å². The van der Waals surface area contributed by atoms with E-state index < -0.39 is 0 Å². The SMILES string of the molecule is CC(Cc1ccccc1)NCc1cc(Cl)ccc1Cl. The topological polar surface area (TPSA) is 12.0 Å². The molecule has 0 aliphatic heterocycles. The van der Waals surface area contributed by atoms with Crippen molar-refractivity contribution in [3.05, 3.63) is 69.7 Å². The Morgan fingerprint density at radius 1 is 1.05 bits per heavy atom. The van der Waals surface area contributed by atoms with Crippen LogP contribution >= 0.6 is 23.2 Å². The third kappa shape index (κ3) is 4.54. The van der Waals surface area contributed by atoms with Gasteiger partial charge in [-0.1, -0.05) is 53.5 Å². The monoisotopic (exact) mass is 293 g/mol. The van der Waals surface area contributed by atoms with Gasteiger partial charge < -0.3 is 5.32 Å². The first-order valence-electron chi connectivity index (χ1n) is 6.36. The van der Waals surface area contributed by atoms with E-state index in [2.05, 4.69) is 36.5 Å². The van der Waals surface area contributed by atoms with Gasteiger partial charge in [0.05, 0.1) is 0 Å². The highest BCUT2D eigenvalue weighted by atomic mass is 35.5. The zero-order valence-electron chi connectivity index (χ0n) is 10.9. The summed E-state index contributed by atoms with van der Waals surface area (Å²) in [6.45, 7) is 2.90. The molecule has 0 saturated carbocycles. The van der Waals surface area contributed by atoms with Crippen LogP contribution in [-0.4, -0.2) is 6.04 Å². The summed E-state index contributed by atoms with van der Waals surface area (Å²) in [7, 11) is 0. The fourth-order valence-electron chi connectivity index (χ4n) is 2.00. The van der Waals surface area contributed by atoms with Crippen molar-refractivity contribution in [3.63, 3.8) is 0 Å². The smallest absolute Gasteiger partial charge is 0.0451 e. The second-order valence-corrected chi connectivity index (χ2v) is 5.55. The normalized spacial score (nSPS) is 12.4. The molecule has 1 unspecified atom stereocenters. The molecule has 2 rings (SSSR count). The van der Waals surface area contributed by atoms with Crippen LogP contribution in [0.4, 0.5) is 0 Å². The van der Waals surface area contributed by atoms with Gasteiger partial charge in [0.15, 0.2) is 0 Å². The van der Waals surface area contributed by atoms with Crippen LogP contribution in [0.1, 0.15) is 18.1 Å². The Labute approximate surface area is 124 Å². The van der Waals surface area contributed by atoms with Gasteiger partial charge in [-0.15, -0.1) is 0 Å². The summed E-state index contributed by atoms with van der Waals surface area (Å²) in [4.78, 5) is 0. The number of hydrogen-bond acceptors (Lipinski definition) is 1. The second kappa shape index (κ2) is 6.95. The van der Waals surface area contributed by atoms with Crippen molar-refractivity contribution in [2.75, 3.05) is 0 Å². The zero-order chi connectivity index (χ0) is 13.7. The Hall–Kier alpha value is -1.02. The molecular formula is C16H17Cl2N. The van der Waals surface area contributed by atoms with Crippen LogP contribution in [0.2, 0.25) is 10.0 Å². The van der Waals surface area contributed by atoms with Crippen LogP contribution < -0.4 is 5.32 Å². The average Bonchev–Trinajstić information content (AvgIpc) is 2.41. The van der Waals surface area contributed by atoms with E-state index in [0.717, 1.165) is 28.6 Å². The molecule has 1 atom stereocenters. The minimum absolute atomic E-state index is 0.387. The van der Waals surface area contributed by atoms with Gasteiger partial charge in [-0.3, -0.25) is 0 Å². The highest BCUT2D eigenvalue weighted by Crippen LogP contribution is 2.20. The molecule has 100 valence electrons. The predicted octanol–water partition coefficient (Wildman–Crippen LogP) is 4.71. The van der Waals surface area contributed by atoms with Gasteiger partial charge in [0, 0.05) is 22.6 Å². The van der Waals surface area contributed by atoms with Crippen molar-refractivity contribution in [3.8, 4) is 0 Å². The van der Waals surface area contributed by atoms with Crippen molar-refractivity contribution in [2.45, 2.75) is 25.9 Å². The fourth-order valence-corrected chi connectivity index (χ4v) is 2.38. The summed E-state index contributed by atoms with van der Waals surface area (Å²) in [5.74, 6) is 0. The third-order valence-corrected chi connectivity index (χ3v) is 3.64. The van der Waals surface area contributed by atoms with Crippen molar-refractivity contribution in [1.29, 1.82) is 0 Å². The van der Waals surface area contributed by atoms with Gasteiger partial charge >= 0.3 is 0 Å². The molecule has 19 heavy (non-hydrogen) atoms. The first-order chi connectivity index (χ1) is 9.15. The molecule has 3 heteroatoms. The molecule has 0 bridgehead atoms. The van der Waals surface area contributed by atoms with E-state index in [1.54, 1.807) is 6.07 Å². The number of hydrogen-bond donors (Lipinski definition) is 1. The first kappa shape index (κ1) is 14.4. The molecule has 0 aliphatic rings. The van der Waals surface area contributed by atoms with E-state index in [4.69, 9.17) is 23.2 Å². The van der Waals surface area contributed by atoms with Crippen LogP contribution in [0.25, 0.3) is 0 Å². The van der Waals surface area contributed by atoms with Crippen LogP contribution in [0, 0.1) is 0 Å². The van der Waals surface area contributed by atoms with E-state index in [0.29, 0.717) is 6.04 Å². The molecule has 0 spiro atoms. The van der Waals surface area contributed by atoms with Crippen molar-refractivity contribution >= 4 is 23.2 Å². The highest BCUT2D eigenvalue weighted by molar-refractivity contribution is 6.33. The lowest BCUT2D eigenvalue weighted by atomic mass is 10.1. The van der Waals surface area contributed by atoms with Gasteiger partial charge in [-0.2, -0.15) is 0 Å². The Morgan fingerprint density at radius 3 is 2.53 bits per heavy atom. The molecule has 0 heterocycles. The first-order valence-corrected chi connectivity index (χ1v) is 7.12. The van der Waals surface area contributed by atoms with E-state index >= 15 is 0 Å². The lowest BCUT2D eigenvalue weighted by molar-refractivity contribution is 0.545. The summed E-state index contributed by atoms with van der Waals surface area (Å²) in [5, 5.41) is 4.95. The van der Waals surface area contributed by atoms with Gasteiger partial charge in [0.1, 0.15) is 0 Å². The second-order valence-electron chi connectivity index (χ2n) is 4.71. The average molecular weight is 294 g/mol. The highest BCUT2D eigenvalue weighted by Gasteiger charge is 2.05. The lowest BCUT2D eigenvalue weighted by Gasteiger charge is -2.14. The maximum absolute atomic E-state index is 6.14. The van der Waals surface area contributed by atoms with Crippen LogP contribution in [0.3, 0.4) is 0 Å². The third-order valence-electron chi connectivity index (χ3n) is 3.03. The Morgan fingerprint density at radius 2 is 1.79 bits per heavy atom.